The predicted molar refractivity (Wildman–Crippen MR) is 112 cm³/mol. The van der Waals surface area contributed by atoms with E-state index in [0.29, 0.717) is 16.8 Å². The zero-order valence-corrected chi connectivity index (χ0v) is 17.7. The molecule has 0 radical (unpaired) electrons. The Hall–Kier alpha value is -3.41. The lowest BCUT2D eigenvalue weighted by Gasteiger charge is -2.40. The fraction of sp³-hybridized carbons (Fsp3) is 0.150. The van der Waals surface area contributed by atoms with Gasteiger partial charge in [0.05, 0.1) is 12.0 Å². The maximum absolute atomic E-state index is 13.2. The van der Waals surface area contributed by atoms with Crippen molar-refractivity contribution in [2.24, 2.45) is 17.8 Å². The topological polar surface area (TPSA) is 76.5 Å². The molecule has 0 spiro atoms. The Labute approximate surface area is 179 Å². The molecule has 6 nitrogen and oxygen atoms in total. The van der Waals surface area contributed by atoms with Gasteiger partial charge in [-0.1, -0.05) is 49.8 Å². The number of aromatic nitrogens is 2. The summed E-state index contributed by atoms with van der Waals surface area (Å²) < 4.78 is 67.7. The van der Waals surface area contributed by atoms with Gasteiger partial charge in [0.1, 0.15) is 4.90 Å². The van der Waals surface area contributed by atoms with E-state index in [9.17, 15) is 24.2 Å². The van der Waals surface area contributed by atoms with Crippen LogP contribution >= 0.6 is 10.2 Å². The standard InChI is InChI=1S/C20H18F5N5OS/c1-29-11-17(27-12-29)13-4-3-5-15(10-13)20(18(31)30(2)19(26)28-20)14-6-8-16(9-7-14)32(21,22,23,24)25/h3-12H,1-2H3,(H2,26,28). The summed E-state index contributed by atoms with van der Waals surface area (Å²) in [7, 11) is -6.73. The Morgan fingerprint density at radius 2 is 1.62 bits per heavy atom. The number of carbonyl (C=O) groups excluding carboxylic acids is 1. The number of guanidine groups is 1. The molecule has 1 aromatic heterocycles. The average Bonchev–Trinajstić information content (AvgIpc) is 3.24. The van der Waals surface area contributed by atoms with Gasteiger partial charge in [-0.2, -0.15) is 0 Å². The maximum atomic E-state index is 13.2. The van der Waals surface area contributed by atoms with Crippen molar-refractivity contribution >= 4 is 22.1 Å². The minimum Gasteiger partial charge on any atom is -0.369 e. The van der Waals surface area contributed by atoms with Crippen molar-refractivity contribution in [1.82, 2.24) is 14.5 Å². The summed E-state index contributed by atoms with van der Waals surface area (Å²) in [5.41, 5.74) is 5.52. The number of aryl methyl sites for hydroxylation is 1. The van der Waals surface area contributed by atoms with Crippen LogP contribution < -0.4 is 5.73 Å². The number of halogens is 5. The first-order chi connectivity index (χ1) is 14.6. The van der Waals surface area contributed by atoms with E-state index in [4.69, 9.17) is 5.73 Å². The van der Waals surface area contributed by atoms with Gasteiger partial charge in [0, 0.05) is 25.9 Å². The third-order valence-electron chi connectivity index (χ3n) is 5.24. The molecule has 12 heteroatoms. The highest BCUT2D eigenvalue weighted by Gasteiger charge is 2.65. The van der Waals surface area contributed by atoms with Crippen LogP contribution in [0.3, 0.4) is 0 Å². The predicted octanol–water partition coefficient (Wildman–Crippen LogP) is 4.77. The van der Waals surface area contributed by atoms with Crippen LogP contribution in [0.25, 0.3) is 11.3 Å². The van der Waals surface area contributed by atoms with Gasteiger partial charge in [0.2, 0.25) is 0 Å². The molecule has 2 aromatic carbocycles. The molecule has 0 saturated carbocycles. The number of nitrogens with two attached hydrogens (primary N) is 1. The van der Waals surface area contributed by atoms with Crippen molar-refractivity contribution < 1.29 is 24.2 Å². The van der Waals surface area contributed by atoms with E-state index in [1.165, 1.54) is 7.05 Å². The zero-order valence-electron chi connectivity index (χ0n) is 16.8. The maximum Gasteiger partial charge on any atom is 0.310 e. The fourth-order valence-electron chi connectivity index (χ4n) is 3.60. The van der Waals surface area contributed by atoms with Gasteiger partial charge in [0.25, 0.3) is 5.91 Å². The van der Waals surface area contributed by atoms with Gasteiger partial charge in [0.15, 0.2) is 11.5 Å². The Kier molecular flexibility index (Phi) is 4.15. The smallest absolute Gasteiger partial charge is 0.310 e. The monoisotopic (exact) mass is 471 g/mol. The van der Waals surface area contributed by atoms with Crippen molar-refractivity contribution in [2.45, 2.75) is 10.4 Å². The molecule has 4 rings (SSSR count). The van der Waals surface area contributed by atoms with Gasteiger partial charge >= 0.3 is 10.2 Å². The van der Waals surface area contributed by atoms with Crippen molar-refractivity contribution in [3.05, 3.63) is 72.2 Å². The van der Waals surface area contributed by atoms with Gasteiger partial charge in [-0.3, -0.25) is 9.69 Å². The summed E-state index contributed by atoms with van der Waals surface area (Å²) in [4.78, 5) is 20.8. The van der Waals surface area contributed by atoms with E-state index >= 15 is 0 Å². The molecule has 3 aromatic rings. The highest BCUT2D eigenvalue weighted by atomic mass is 32.5. The van der Waals surface area contributed by atoms with Crippen LogP contribution in [-0.2, 0) is 17.4 Å². The first-order valence-electron chi connectivity index (χ1n) is 9.19. The summed E-state index contributed by atoms with van der Waals surface area (Å²) in [5, 5.41) is 0. The Morgan fingerprint density at radius 1 is 0.969 bits per heavy atom. The molecular formula is C20H18F5N5OS. The largest absolute Gasteiger partial charge is 0.369 e. The summed E-state index contributed by atoms with van der Waals surface area (Å²) >= 11 is 0. The third kappa shape index (κ3) is 3.49. The highest BCUT2D eigenvalue weighted by molar-refractivity contribution is 8.45. The molecular weight excluding hydrogens is 453 g/mol. The Bertz CT molecular complexity index is 1270. The van der Waals surface area contributed by atoms with Gasteiger partial charge < -0.3 is 10.3 Å². The molecule has 170 valence electrons. The van der Waals surface area contributed by atoms with Gasteiger partial charge in [-0.25, -0.2) is 9.98 Å². The van der Waals surface area contributed by atoms with E-state index in [1.54, 1.807) is 48.4 Å². The van der Waals surface area contributed by atoms with E-state index in [2.05, 4.69) is 9.98 Å². The van der Waals surface area contributed by atoms with Crippen molar-refractivity contribution in [1.29, 1.82) is 0 Å². The van der Waals surface area contributed by atoms with Crippen LogP contribution in [0.1, 0.15) is 11.1 Å². The van der Waals surface area contributed by atoms with Crippen molar-refractivity contribution in [3.63, 3.8) is 0 Å². The molecule has 0 bridgehead atoms. The molecule has 1 atom stereocenters. The van der Waals surface area contributed by atoms with Crippen LogP contribution in [0.2, 0.25) is 0 Å². The molecule has 32 heavy (non-hydrogen) atoms. The summed E-state index contributed by atoms with van der Waals surface area (Å²) in [6, 6.07) is 8.75. The molecule has 1 unspecified atom stereocenters. The highest BCUT2D eigenvalue weighted by Crippen LogP contribution is 3.02. The van der Waals surface area contributed by atoms with E-state index in [-0.39, 0.29) is 23.7 Å². The van der Waals surface area contributed by atoms with E-state index in [0.717, 1.165) is 17.0 Å². The number of benzene rings is 2. The summed E-state index contributed by atoms with van der Waals surface area (Å²) in [5.74, 6) is -0.789. The molecule has 0 fully saturated rings. The number of amides is 1. The van der Waals surface area contributed by atoms with Crippen molar-refractivity contribution in [3.8, 4) is 11.3 Å². The second kappa shape index (κ2) is 6.09. The minimum atomic E-state index is -9.88. The van der Waals surface area contributed by atoms with E-state index in [1.807, 2.05) is 0 Å². The lowest BCUT2D eigenvalue weighted by atomic mass is 9.82. The molecule has 0 aliphatic carbocycles. The SMILES string of the molecule is CN1C(=O)C(c2ccc(S(F)(F)(F)(F)F)cc2)(c2cccc(-c3cn(C)cn3)c2)N=C1N. The van der Waals surface area contributed by atoms with E-state index < -0.39 is 26.6 Å². The second-order valence-corrected chi connectivity index (χ2v) is 9.95. The minimum absolute atomic E-state index is 0.0291. The number of hydrogen-bond donors (Lipinski definition) is 1. The summed E-state index contributed by atoms with van der Waals surface area (Å²) in [6.07, 6.45) is 3.33. The number of aliphatic imine (C=N–C) groups is 1. The van der Waals surface area contributed by atoms with Gasteiger partial charge in [-0.15, -0.1) is 0 Å². The molecule has 0 saturated heterocycles. The average molecular weight is 471 g/mol. The summed E-state index contributed by atoms with van der Waals surface area (Å²) in [6.45, 7) is 0. The van der Waals surface area contributed by atoms with Crippen LogP contribution in [-0.4, -0.2) is 33.4 Å². The first-order valence-corrected chi connectivity index (χ1v) is 11.1. The third-order valence-corrected chi connectivity index (χ3v) is 6.40. The van der Waals surface area contributed by atoms with Gasteiger partial charge in [-0.05, 0) is 29.3 Å². The normalized spacial score (nSPS) is 21.3. The number of imidazole rings is 1. The number of likely N-dealkylation sites (N-methyl/N-ethyl adjacent to an activating group) is 1. The Morgan fingerprint density at radius 3 is 2.12 bits per heavy atom. The molecule has 2 N–H and O–H groups in total. The van der Waals surface area contributed by atoms with Crippen LogP contribution in [0.5, 0.6) is 0 Å². The molecule has 2 heterocycles. The van der Waals surface area contributed by atoms with Crippen LogP contribution in [0.15, 0.2) is 70.9 Å². The quantitative estimate of drug-likeness (QED) is 0.557. The lowest BCUT2D eigenvalue weighted by Crippen LogP contribution is -2.41. The molecule has 1 amide bonds. The van der Waals surface area contributed by atoms with Crippen LogP contribution in [0, 0.1) is 0 Å². The first kappa shape index (κ1) is 21.8. The zero-order chi connectivity index (χ0) is 23.6. The number of hydrogen-bond acceptors (Lipinski definition) is 4. The van der Waals surface area contributed by atoms with Crippen LogP contribution in [0.4, 0.5) is 19.4 Å². The number of carbonyl (C=O) groups is 1. The fourth-order valence-corrected chi connectivity index (χ4v) is 4.25. The van der Waals surface area contributed by atoms with Crippen molar-refractivity contribution in [2.75, 3.05) is 7.05 Å². The molecule has 1 aliphatic heterocycles. The number of rotatable bonds is 4. The Balaban J connectivity index is 1.91. The number of nitrogens with zero attached hydrogens (tertiary/aromatic N) is 4. The second-order valence-electron chi connectivity index (χ2n) is 7.54. The lowest BCUT2D eigenvalue weighted by molar-refractivity contribution is -0.129. The molecule has 1 aliphatic rings.